The topological polar surface area (TPSA) is 144 Å². The van der Waals surface area contributed by atoms with Crippen LogP contribution in [-0.2, 0) is 25.1 Å². The highest BCUT2D eigenvalue weighted by Gasteiger charge is 2.66. The third-order valence-corrected chi connectivity index (χ3v) is 15.8. The number of amides is 2. The van der Waals surface area contributed by atoms with Gasteiger partial charge in [0.2, 0.25) is 19.2 Å². The molecule has 2 aromatic carbocycles. The SMILES string of the molecule is CCOc1cc(OC2C[C@H]3C(=O)C[C@]4(P(=O)(O)Cc5c(F)cccc5F)C[C@@H]4CCCCCCC[C@H](NC(=O)OC4CCCC4)C(=O)N3C2)c2ccc(C)c(C)c2n1. The van der Waals surface area contributed by atoms with Gasteiger partial charge in [-0.05, 0) is 101 Å². The normalized spacial score (nSPS) is 26.9. The second-order valence-corrected chi connectivity index (χ2v) is 19.4. The minimum atomic E-state index is -4.40. The van der Waals surface area contributed by atoms with Gasteiger partial charge in [-0.15, -0.1) is 0 Å². The van der Waals surface area contributed by atoms with E-state index >= 15 is 0 Å². The van der Waals surface area contributed by atoms with Crippen LogP contribution in [0.5, 0.6) is 11.6 Å². The molecule has 4 fully saturated rings. The van der Waals surface area contributed by atoms with Crippen LogP contribution in [-0.4, -0.2) is 75.2 Å². The maximum Gasteiger partial charge on any atom is 0.408 e. The van der Waals surface area contributed by atoms with E-state index in [4.69, 9.17) is 19.2 Å². The molecule has 3 heterocycles. The lowest BCUT2D eigenvalue weighted by atomic mass is 10.0. The summed E-state index contributed by atoms with van der Waals surface area (Å²) in [7, 11) is -4.40. The van der Waals surface area contributed by atoms with E-state index in [1.165, 1.54) is 11.0 Å². The quantitative estimate of drug-likeness (QED) is 0.202. The number of pyridine rings is 1. The van der Waals surface area contributed by atoms with Crippen molar-refractivity contribution < 1.29 is 46.8 Å². The largest absolute Gasteiger partial charge is 0.488 e. The number of fused-ring (bicyclic) bond motifs is 3. The van der Waals surface area contributed by atoms with Gasteiger partial charge in [-0.25, -0.2) is 18.6 Å². The van der Waals surface area contributed by atoms with Crippen LogP contribution in [0.2, 0.25) is 0 Å². The third kappa shape index (κ3) is 8.91. The molecule has 11 nitrogen and oxygen atoms in total. The predicted octanol–water partition coefficient (Wildman–Crippen LogP) is 8.85. The summed E-state index contributed by atoms with van der Waals surface area (Å²) in [4.78, 5) is 60.7. The lowest BCUT2D eigenvalue weighted by molar-refractivity contribution is -0.139. The number of halogens is 2. The number of benzene rings is 2. The van der Waals surface area contributed by atoms with Crippen molar-refractivity contribution >= 4 is 36.1 Å². The minimum Gasteiger partial charge on any atom is -0.488 e. The zero-order valence-electron chi connectivity index (χ0n) is 33.8. The Hall–Kier alpha value is -4.09. The van der Waals surface area contributed by atoms with E-state index in [2.05, 4.69) is 5.32 Å². The first kappa shape index (κ1) is 42.0. The van der Waals surface area contributed by atoms with Crippen molar-refractivity contribution in [2.45, 2.75) is 146 Å². The number of ether oxygens (including phenoxy) is 3. The van der Waals surface area contributed by atoms with Crippen LogP contribution in [0, 0.1) is 31.4 Å². The summed E-state index contributed by atoms with van der Waals surface area (Å²) in [5.74, 6) is -2.15. The number of hydrogen-bond donors (Lipinski definition) is 2. The van der Waals surface area contributed by atoms with Gasteiger partial charge in [-0.2, -0.15) is 0 Å². The monoisotopic (exact) mass is 823 g/mol. The summed E-state index contributed by atoms with van der Waals surface area (Å²) in [6.07, 6.45) is 6.05. The minimum absolute atomic E-state index is 0.0113. The molecular weight excluding hydrogens is 767 g/mol. The first-order valence-corrected chi connectivity index (χ1v) is 22.9. The van der Waals surface area contributed by atoms with Crippen LogP contribution in [0.25, 0.3) is 10.9 Å². The smallest absolute Gasteiger partial charge is 0.408 e. The van der Waals surface area contributed by atoms with Crippen molar-refractivity contribution in [3.63, 3.8) is 0 Å². The fourth-order valence-electron chi connectivity index (χ4n) is 9.45. The predicted molar refractivity (Wildman–Crippen MR) is 215 cm³/mol. The van der Waals surface area contributed by atoms with Crippen molar-refractivity contribution in [2.24, 2.45) is 5.92 Å². The number of carbonyl (C=O) groups is 3. The highest BCUT2D eigenvalue weighted by atomic mass is 31.2. The lowest BCUT2D eigenvalue weighted by Gasteiger charge is -2.30. The number of ketones is 1. The highest BCUT2D eigenvalue weighted by Crippen LogP contribution is 2.75. The molecule has 2 saturated carbocycles. The molecule has 2 aliphatic heterocycles. The maximum absolute atomic E-state index is 14.9. The highest BCUT2D eigenvalue weighted by molar-refractivity contribution is 7.59. The second-order valence-electron chi connectivity index (χ2n) is 16.8. The molecule has 6 atom stereocenters. The molecule has 2 unspecified atom stereocenters. The molecule has 4 aliphatic rings. The van der Waals surface area contributed by atoms with E-state index in [0.717, 1.165) is 80.0 Å². The van der Waals surface area contributed by atoms with Crippen LogP contribution in [0.15, 0.2) is 36.4 Å². The van der Waals surface area contributed by atoms with E-state index in [9.17, 15) is 32.6 Å². The number of Topliss-reactive ketones (excluding diaryl/α,β-unsaturated/α-hetero) is 1. The van der Waals surface area contributed by atoms with Gasteiger partial charge in [0.05, 0.1) is 36.0 Å². The van der Waals surface area contributed by atoms with Gasteiger partial charge in [-0.1, -0.05) is 44.2 Å². The Bertz CT molecular complexity index is 2060. The number of carbonyl (C=O) groups excluding carboxylic acids is 3. The van der Waals surface area contributed by atoms with E-state index in [-0.39, 0.29) is 37.8 Å². The Morgan fingerprint density at radius 3 is 2.40 bits per heavy atom. The maximum atomic E-state index is 14.9. The Morgan fingerprint density at radius 1 is 0.983 bits per heavy atom. The van der Waals surface area contributed by atoms with Gasteiger partial charge < -0.3 is 29.3 Å². The van der Waals surface area contributed by atoms with E-state index in [0.29, 0.717) is 43.0 Å². The fourth-order valence-corrected chi connectivity index (χ4v) is 12.1. The van der Waals surface area contributed by atoms with Gasteiger partial charge in [0.15, 0.2) is 5.78 Å². The number of aryl methyl sites for hydroxylation is 2. The average Bonchev–Trinajstić information content (AvgIpc) is 3.45. The van der Waals surface area contributed by atoms with Crippen molar-refractivity contribution in [3.8, 4) is 11.6 Å². The number of nitrogens with zero attached hydrogens (tertiary/aromatic N) is 2. The van der Waals surface area contributed by atoms with Crippen molar-refractivity contribution in [1.29, 1.82) is 0 Å². The molecule has 1 aromatic heterocycles. The standard InChI is InChI=1S/C44H56F2N3O8P/c1-4-55-40-22-39(32-20-19-27(2)28(3)41(32)48-40)56-31-21-37-38(50)24-44(58(53,54)26-33-34(45)16-12-17-35(33)46)23-29(44)13-8-6-5-7-9-18-36(42(51)49(37)25-31)47-43(52)57-30-14-10-11-15-30/h12,16-17,19-20,22,29-31,36-37H,4-11,13-15,18,21,23-26H2,1-3H3,(H,47,52)(H,53,54)/t29-,31?,36-,37-,44+/m0/s1. The first-order valence-electron chi connectivity index (χ1n) is 21.1. The van der Waals surface area contributed by atoms with Gasteiger partial charge >= 0.3 is 6.09 Å². The van der Waals surface area contributed by atoms with E-state index in [1.54, 1.807) is 6.07 Å². The zero-order valence-corrected chi connectivity index (χ0v) is 34.7. The molecule has 3 aromatic rings. The molecule has 0 bridgehead atoms. The van der Waals surface area contributed by atoms with Gasteiger partial charge in [0.1, 0.15) is 35.6 Å². The summed E-state index contributed by atoms with van der Waals surface area (Å²) >= 11 is 0. The van der Waals surface area contributed by atoms with E-state index in [1.807, 2.05) is 32.9 Å². The summed E-state index contributed by atoms with van der Waals surface area (Å²) in [6.45, 7) is 6.21. The number of alkyl carbamates (subject to hydrolysis) is 1. The number of nitrogens with one attached hydrogen (secondary N) is 1. The molecule has 58 heavy (non-hydrogen) atoms. The molecular formula is C44H56F2N3O8P. The van der Waals surface area contributed by atoms with Crippen LogP contribution >= 0.6 is 7.37 Å². The molecule has 2 N–H and O–H groups in total. The molecule has 2 aliphatic carbocycles. The van der Waals surface area contributed by atoms with Crippen LogP contribution < -0.4 is 14.8 Å². The van der Waals surface area contributed by atoms with Gasteiger partial charge in [0, 0.05) is 29.9 Å². The molecule has 14 heteroatoms. The van der Waals surface area contributed by atoms with Gasteiger partial charge in [-0.3, -0.25) is 14.2 Å². The first-order chi connectivity index (χ1) is 27.8. The summed E-state index contributed by atoms with van der Waals surface area (Å²) in [5, 5.41) is 2.19. The Labute approximate surface area is 339 Å². The number of rotatable bonds is 9. The van der Waals surface area contributed by atoms with Crippen molar-refractivity contribution in [1.82, 2.24) is 15.2 Å². The van der Waals surface area contributed by atoms with Crippen LogP contribution in [0.4, 0.5) is 13.6 Å². The van der Waals surface area contributed by atoms with Gasteiger partial charge in [0.25, 0.3) is 0 Å². The Balaban J connectivity index is 1.22. The summed E-state index contributed by atoms with van der Waals surface area (Å²) in [6, 6.07) is 6.91. The third-order valence-electron chi connectivity index (χ3n) is 13.0. The number of aromatic nitrogens is 1. The van der Waals surface area contributed by atoms with E-state index < -0.39 is 71.9 Å². The molecule has 7 rings (SSSR count). The molecule has 0 spiro atoms. The lowest BCUT2D eigenvalue weighted by Crippen LogP contribution is -2.52. The second kappa shape index (κ2) is 17.6. The average molecular weight is 824 g/mol. The summed E-state index contributed by atoms with van der Waals surface area (Å²) in [5.41, 5.74) is 2.24. The van der Waals surface area contributed by atoms with Crippen molar-refractivity contribution in [3.05, 3.63) is 64.7 Å². The fraction of sp³-hybridized carbons (Fsp3) is 0.591. The number of hydrogen-bond acceptors (Lipinski definition) is 8. The van der Waals surface area contributed by atoms with Crippen molar-refractivity contribution in [2.75, 3.05) is 13.2 Å². The Morgan fingerprint density at radius 2 is 1.67 bits per heavy atom. The zero-order chi connectivity index (χ0) is 41.2. The Kier molecular flexibility index (Phi) is 12.8. The van der Waals surface area contributed by atoms with Crippen LogP contribution in [0.1, 0.15) is 114 Å². The summed E-state index contributed by atoms with van der Waals surface area (Å²) < 4.78 is 62.4. The molecule has 2 saturated heterocycles. The van der Waals surface area contributed by atoms with Crippen LogP contribution in [0.3, 0.4) is 0 Å². The molecule has 0 radical (unpaired) electrons. The molecule has 2 amide bonds. The molecule has 314 valence electrons.